The number of unbranched alkanes of at least 4 members (excludes halogenated alkanes) is 14. The van der Waals surface area contributed by atoms with Crippen molar-refractivity contribution in [2.75, 3.05) is 13.2 Å². The number of hydrogen-bond donors (Lipinski definition) is 0. The lowest BCUT2D eigenvalue weighted by Gasteiger charge is -2.25. The standard InChI is InChI=1S/C66H90O6/c1-13-19-25-29-33-39-51-45-55(65(7,8)9)46-52(40-34-30-26-20-14-2)61(51)71-63(67)57-49-60(70-44-38-24-18-6)58(50-59(57)69-43-37-23-17-5)64(68)72-62-53(41-35-31-27-21-15-3)47-56(66(10,11)12)48-54(62)42-36-32-28-22-16-4/h5-6,13-16,45-50H,1-4,19-44H2,7-12H3. The molecule has 0 aromatic heterocycles. The zero-order chi connectivity index (χ0) is 52.8. The third-order valence-electron chi connectivity index (χ3n) is 13.0. The molecular weight excluding hydrogens is 889 g/mol. The maximum absolute atomic E-state index is 15.0. The number of carbonyl (C=O) groups is 2. The highest BCUT2D eigenvalue weighted by atomic mass is 16.5. The van der Waals surface area contributed by atoms with Crippen molar-refractivity contribution in [1.82, 2.24) is 0 Å². The molecule has 0 saturated heterocycles. The summed E-state index contributed by atoms with van der Waals surface area (Å²) in [6, 6.07) is 12.0. The Bertz CT molecular complexity index is 2040. The van der Waals surface area contributed by atoms with Gasteiger partial charge in [0.2, 0.25) is 0 Å². The minimum Gasteiger partial charge on any atom is -0.493 e. The van der Waals surface area contributed by atoms with Gasteiger partial charge in [-0.3, -0.25) is 0 Å². The van der Waals surface area contributed by atoms with Gasteiger partial charge in [0, 0.05) is 12.8 Å². The minimum absolute atomic E-state index is 0.125. The van der Waals surface area contributed by atoms with Gasteiger partial charge >= 0.3 is 11.9 Å². The van der Waals surface area contributed by atoms with Crippen molar-refractivity contribution in [2.45, 2.75) is 206 Å². The maximum atomic E-state index is 15.0. The molecule has 0 amide bonds. The summed E-state index contributed by atoms with van der Waals surface area (Å²) in [7, 11) is 0. The largest absolute Gasteiger partial charge is 0.493 e. The lowest BCUT2D eigenvalue weighted by Crippen LogP contribution is -2.19. The van der Waals surface area contributed by atoms with E-state index in [-0.39, 0.29) is 46.7 Å². The summed E-state index contributed by atoms with van der Waals surface area (Å²) in [5.41, 5.74) is 6.45. The van der Waals surface area contributed by atoms with Crippen LogP contribution in [0, 0.1) is 24.7 Å². The third kappa shape index (κ3) is 21.2. The summed E-state index contributed by atoms with van der Waals surface area (Å²) >= 11 is 0. The summed E-state index contributed by atoms with van der Waals surface area (Å²) in [6.45, 7) is 29.4. The number of terminal acetylenes is 2. The van der Waals surface area contributed by atoms with E-state index in [9.17, 15) is 0 Å². The van der Waals surface area contributed by atoms with Gasteiger partial charge in [-0.05, 0) is 172 Å². The highest BCUT2D eigenvalue weighted by Gasteiger charge is 2.29. The minimum atomic E-state index is -0.602. The van der Waals surface area contributed by atoms with Crippen LogP contribution in [-0.2, 0) is 36.5 Å². The zero-order valence-electron chi connectivity index (χ0n) is 45.6. The number of allylic oxidation sites excluding steroid dienone is 4. The topological polar surface area (TPSA) is 71.1 Å². The van der Waals surface area contributed by atoms with Gasteiger partial charge in [0.05, 0.1) is 13.2 Å². The number of hydrogen-bond acceptors (Lipinski definition) is 6. The number of rotatable bonds is 36. The Balaban J connectivity index is 2.28. The van der Waals surface area contributed by atoms with E-state index < -0.39 is 11.9 Å². The van der Waals surface area contributed by atoms with Gasteiger partial charge in [-0.1, -0.05) is 116 Å². The van der Waals surface area contributed by atoms with Crippen molar-refractivity contribution in [3.63, 3.8) is 0 Å². The van der Waals surface area contributed by atoms with Crippen molar-refractivity contribution in [1.29, 1.82) is 0 Å². The lowest BCUT2D eigenvalue weighted by atomic mass is 9.83. The highest BCUT2D eigenvalue weighted by Crippen LogP contribution is 2.39. The van der Waals surface area contributed by atoms with E-state index in [0.717, 1.165) is 151 Å². The van der Waals surface area contributed by atoms with Crippen molar-refractivity contribution in [3.8, 4) is 47.7 Å². The molecule has 0 aliphatic heterocycles. The second kappa shape index (κ2) is 33.1. The molecule has 3 aromatic carbocycles. The van der Waals surface area contributed by atoms with E-state index >= 15 is 9.59 Å². The third-order valence-corrected chi connectivity index (χ3v) is 13.0. The summed E-state index contributed by atoms with van der Waals surface area (Å²) in [6.07, 6.45) is 40.1. The molecule has 0 heterocycles. The fraction of sp³-hybridized carbons (Fsp3) is 0.515. The van der Waals surface area contributed by atoms with E-state index in [1.807, 2.05) is 24.3 Å². The molecule has 72 heavy (non-hydrogen) atoms. The normalized spacial score (nSPS) is 11.3. The first-order valence-corrected chi connectivity index (χ1v) is 27.1. The molecule has 0 fully saturated rings. The summed E-state index contributed by atoms with van der Waals surface area (Å²) in [4.78, 5) is 30.0. The first-order chi connectivity index (χ1) is 34.6. The first-order valence-electron chi connectivity index (χ1n) is 27.1. The molecule has 0 N–H and O–H groups in total. The highest BCUT2D eigenvalue weighted by molar-refractivity contribution is 6.00. The molecule has 0 atom stereocenters. The molecule has 0 unspecified atom stereocenters. The lowest BCUT2D eigenvalue weighted by molar-refractivity contribution is 0.0708. The summed E-state index contributed by atoms with van der Waals surface area (Å²) in [5.74, 6) is 5.72. The Labute approximate surface area is 437 Å². The van der Waals surface area contributed by atoms with Crippen LogP contribution in [0.3, 0.4) is 0 Å². The Morgan fingerprint density at radius 1 is 0.458 bits per heavy atom. The molecule has 3 aromatic rings. The predicted molar refractivity (Wildman–Crippen MR) is 303 cm³/mol. The van der Waals surface area contributed by atoms with Crippen LogP contribution in [-0.4, -0.2) is 25.2 Å². The molecule has 0 radical (unpaired) electrons. The SMILES string of the molecule is C#CCCCOc1cc(C(=O)Oc2c(CCCCCC=C)cc(C(C)(C)C)cc2CCCCCC=C)c(OCCCC#C)cc1C(=O)Oc1c(CCCCCC=C)cc(C(C)(C)C)cc1CCCCCC=C. The number of ether oxygens (including phenoxy) is 4. The molecule has 0 aliphatic carbocycles. The first kappa shape index (κ1) is 60.6. The van der Waals surface area contributed by atoms with E-state index in [1.165, 1.54) is 11.1 Å². The van der Waals surface area contributed by atoms with E-state index in [0.29, 0.717) is 37.2 Å². The summed E-state index contributed by atoms with van der Waals surface area (Å²) in [5, 5.41) is 0. The van der Waals surface area contributed by atoms with Gasteiger partial charge in [0.15, 0.2) is 0 Å². The molecule has 6 heteroatoms. The van der Waals surface area contributed by atoms with Crippen LogP contribution in [0.2, 0.25) is 0 Å². The fourth-order valence-corrected chi connectivity index (χ4v) is 8.63. The van der Waals surface area contributed by atoms with Crippen LogP contribution in [0.4, 0.5) is 0 Å². The van der Waals surface area contributed by atoms with Crippen LogP contribution in [0.15, 0.2) is 87.0 Å². The molecular formula is C66H90O6. The monoisotopic (exact) mass is 979 g/mol. The predicted octanol–water partition coefficient (Wildman–Crippen LogP) is 17.5. The maximum Gasteiger partial charge on any atom is 0.347 e. The van der Waals surface area contributed by atoms with Crippen molar-refractivity contribution >= 4 is 11.9 Å². The van der Waals surface area contributed by atoms with Crippen molar-refractivity contribution in [3.05, 3.63) is 132 Å². The zero-order valence-corrected chi connectivity index (χ0v) is 45.6. The van der Waals surface area contributed by atoms with Gasteiger partial charge < -0.3 is 18.9 Å². The van der Waals surface area contributed by atoms with Gasteiger partial charge in [-0.15, -0.1) is 51.0 Å². The fourth-order valence-electron chi connectivity index (χ4n) is 8.63. The molecule has 6 nitrogen and oxygen atoms in total. The van der Waals surface area contributed by atoms with Crippen LogP contribution >= 0.6 is 0 Å². The van der Waals surface area contributed by atoms with Crippen molar-refractivity contribution < 1.29 is 28.5 Å². The number of esters is 2. The van der Waals surface area contributed by atoms with Crippen LogP contribution < -0.4 is 18.9 Å². The average molecular weight is 979 g/mol. The average Bonchev–Trinajstić information content (AvgIpc) is 3.34. The number of carbonyl (C=O) groups excluding carboxylic acids is 2. The second-order valence-electron chi connectivity index (χ2n) is 21.2. The van der Waals surface area contributed by atoms with E-state index in [1.54, 1.807) is 12.1 Å². The summed E-state index contributed by atoms with van der Waals surface area (Å²) < 4.78 is 26.1. The van der Waals surface area contributed by atoms with Gasteiger partial charge in [-0.25, -0.2) is 9.59 Å². The Morgan fingerprint density at radius 3 is 1.00 bits per heavy atom. The van der Waals surface area contributed by atoms with Crippen LogP contribution in [0.5, 0.6) is 23.0 Å². The molecule has 0 aliphatic rings. The molecule has 0 saturated carbocycles. The smallest absolute Gasteiger partial charge is 0.347 e. The molecule has 0 spiro atoms. The number of aryl methyl sites for hydroxylation is 4. The second-order valence-corrected chi connectivity index (χ2v) is 21.2. The Kier molecular flexibility index (Phi) is 27.8. The molecule has 3 rings (SSSR count). The Hall–Kier alpha value is -5.72. The van der Waals surface area contributed by atoms with Gasteiger partial charge in [0.25, 0.3) is 0 Å². The molecule has 390 valence electrons. The Morgan fingerprint density at radius 2 is 0.750 bits per heavy atom. The van der Waals surface area contributed by atoms with Crippen LogP contribution in [0.1, 0.15) is 224 Å². The molecule has 0 bridgehead atoms. The quantitative estimate of drug-likeness (QED) is 0.0190. The number of benzene rings is 3. The van der Waals surface area contributed by atoms with E-state index in [4.69, 9.17) is 31.8 Å². The van der Waals surface area contributed by atoms with Gasteiger partial charge in [-0.2, -0.15) is 0 Å². The van der Waals surface area contributed by atoms with E-state index in [2.05, 4.69) is 104 Å². The van der Waals surface area contributed by atoms with Crippen LogP contribution in [0.25, 0.3) is 0 Å². The van der Waals surface area contributed by atoms with Crippen molar-refractivity contribution in [2.24, 2.45) is 0 Å². The van der Waals surface area contributed by atoms with Gasteiger partial charge in [0.1, 0.15) is 34.1 Å².